The van der Waals surface area contributed by atoms with Crippen molar-refractivity contribution in [2.75, 3.05) is 18.4 Å². The number of sulfonamides is 1. The lowest BCUT2D eigenvalue weighted by atomic mass is 10.3. The molecule has 10 heteroatoms. The van der Waals surface area contributed by atoms with Gasteiger partial charge in [-0.1, -0.05) is 11.6 Å². The monoisotopic (exact) mass is 409 g/mol. The van der Waals surface area contributed by atoms with Crippen LogP contribution in [-0.2, 0) is 16.6 Å². The number of methoxy groups -OCH3 is 1. The molecule has 0 amide bonds. The van der Waals surface area contributed by atoms with Crippen molar-refractivity contribution in [1.82, 2.24) is 9.78 Å². The van der Waals surface area contributed by atoms with Crippen molar-refractivity contribution < 1.29 is 18.3 Å². The second-order valence-corrected chi connectivity index (χ2v) is 7.18. The van der Waals surface area contributed by atoms with Gasteiger partial charge in [-0.25, -0.2) is 8.42 Å². The van der Waals surface area contributed by atoms with Crippen LogP contribution in [0.4, 0.5) is 5.69 Å². The van der Waals surface area contributed by atoms with Crippen molar-refractivity contribution in [3.05, 3.63) is 34.0 Å². The lowest BCUT2D eigenvalue weighted by Crippen LogP contribution is -2.14. The minimum Gasteiger partial charge on any atom is -0.494 e. The maximum absolute atomic E-state index is 12.5. The molecular weight excluding hydrogens is 398 g/mol. The van der Waals surface area contributed by atoms with Gasteiger partial charge in [-0.05, 0) is 28.1 Å². The van der Waals surface area contributed by atoms with Crippen LogP contribution < -0.4 is 9.46 Å². The van der Waals surface area contributed by atoms with Crippen molar-refractivity contribution in [3.8, 4) is 5.75 Å². The van der Waals surface area contributed by atoms with Crippen LogP contribution in [0.1, 0.15) is 0 Å². The maximum Gasteiger partial charge on any atom is 0.265 e. The normalized spacial score (nSPS) is 11.5. The van der Waals surface area contributed by atoms with E-state index in [1.54, 1.807) is 6.07 Å². The summed E-state index contributed by atoms with van der Waals surface area (Å²) >= 11 is 9.13. The number of rotatable bonds is 6. The molecule has 0 spiro atoms. The molecular formula is C12H13BrClN3O4S. The topological polar surface area (TPSA) is 93.5 Å². The van der Waals surface area contributed by atoms with Gasteiger partial charge in [0.2, 0.25) is 0 Å². The minimum absolute atomic E-state index is 0.0933. The zero-order chi connectivity index (χ0) is 16.3. The summed E-state index contributed by atoms with van der Waals surface area (Å²) in [7, 11) is -2.54. The molecule has 0 atom stereocenters. The number of nitrogens with zero attached hydrogens (tertiary/aromatic N) is 2. The van der Waals surface area contributed by atoms with Crippen molar-refractivity contribution in [2.24, 2.45) is 0 Å². The van der Waals surface area contributed by atoms with Crippen LogP contribution in [0.5, 0.6) is 5.75 Å². The van der Waals surface area contributed by atoms with Crippen LogP contribution in [0.2, 0.25) is 5.02 Å². The Morgan fingerprint density at radius 1 is 1.50 bits per heavy atom. The molecule has 120 valence electrons. The third-order valence-electron chi connectivity index (χ3n) is 2.68. The van der Waals surface area contributed by atoms with Gasteiger partial charge in [0, 0.05) is 11.2 Å². The van der Waals surface area contributed by atoms with E-state index in [9.17, 15) is 8.42 Å². The highest BCUT2D eigenvalue weighted by Gasteiger charge is 2.23. The number of anilines is 1. The Labute approximate surface area is 141 Å². The Kier molecular flexibility index (Phi) is 5.32. The van der Waals surface area contributed by atoms with E-state index < -0.39 is 10.0 Å². The fourth-order valence-electron chi connectivity index (χ4n) is 1.79. The molecule has 1 aromatic heterocycles. The Morgan fingerprint density at radius 3 is 2.86 bits per heavy atom. The fraction of sp³-hybridized carbons (Fsp3) is 0.250. The van der Waals surface area contributed by atoms with E-state index in [0.29, 0.717) is 4.47 Å². The summed E-state index contributed by atoms with van der Waals surface area (Å²) < 4.78 is 34.4. The summed E-state index contributed by atoms with van der Waals surface area (Å²) in [4.78, 5) is -0.0933. The first-order valence-corrected chi connectivity index (χ1v) is 8.72. The van der Waals surface area contributed by atoms with Gasteiger partial charge in [0.05, 0.1) is 36.6 Å². The highest BCUT2D eigenvalue weighted by atomic mass is 79.9. The van der Waals surface area contributed by atoms with Crippen LogP contribution in [-0.4, -0.2) is 37.0 Å². The summed E-state index contributed by atoms with van der Waals surface area (Å²) in [6.07, 6.45) is 2.82. The van der Waals surface area contributed by atoms with Crippen molar-refractivity contribution in [3.63, 3.8) is 0 Å². The first-order chi connectivity index (χ1) is 10.4. The molecule has 2 rings (SSSR count). The second-order valence-electron chi connectivity index (χ2n) is 4.24. The molecule has 0 saturated heterocycles. The summed E-state index contributed by atoms with van der Waals surface area (Å²) in [5.41, 5.74) is 0.270. The van der Waals surface area contributed by atoms with Crippen molar-refractivity contribution in [2.45, 2.75) is 11.4 Å². The van der Waals surface area contributed by atoms with Crippen LogP contribution in [0, 0.1) is 0 Å². The summed E-state index contributed by atoms with van der Waals surface area (Å²) in [6.45, 7) is 0.177. The third-order valence-corrected chi connectivity index (χ3v) is 4.88. The molecule has 0 fully saturated rings. The third kappa shape index (κ3) is 3.72. The minimum atomic E-state index is -3.91. The Hall–Kier alpha value is -1.29. The van der Waals surface area contributed by atoms with Crippen LogP contribution in [0.25, 0.3) is 0 Å². The van der Waals surface area contributed by atoms with Crippen LogP contribution in [0.3, 0.4) is 0 Å². The fourth-order valence-corrected chi connectivity index (χ4v) is 4.20. The van der Waals surface area contributed by atoms with Crippen LogP contribution in [0.15, 0.2) is 33.9 Å². The lowest BCUT2D eigenvalue weighted by molar-refractivity contribution is 0.269. The van der Waals surface area contributed by atoms with Crippen molar-refractivity contribution in [1.29, 1.82) is 0 Å². The van der Waals surface area contributed by atoms with Gasteiger partial charge >= 0.3 is 0 Å². The van der Waals surface area contributed by atoms with Gasteiger partial charge in [0.1, 0.15) is 4.90 Å². The number of aromatic nitrogens is 2. The molecule has 0 aliphatic rings. The number of aliphatic hydroxyl groups excluding tert-OH is 1. The lowest BCUT2D eigenvalue weighted by Gasteiger charge is -2.12. The standard InChI is InChI=1S/C12H13BrClN3O4S/c1-21-12-10(13)4-8(14)5-11(12)22(19,20)16-9-6-15-17(7-9)2-3-18/h4-7,16,18H,2-3H2,1H3. The van der Waals surface area contributed by atoms with E-state index in [2.05, 4.69) is 25.8 Å². The summed E-state index contributed by atoms with van der Waals surface area (Å²) in [5, 5.41) is 13.0. The number of aliphatic hydroxyl groups is 1. The Balaban J connectivity index is 2.37. The number of hydrogen-bond acceptors (Lipinski definition) is 5. The Morgan fingerprint density at radius 2 is 2.23 bits per heavy atom. The van der Waals surface area contributed by atoms with Crippen molar-refractivity contribution >= 4 is 43.2 Å². The first kappa shape index (κ1) is 17.1. The van der Waals surface area contributed by atoms with E-state index in [-0.39, 0.29) is 34.5 Å². The Bertz CT molecular complexity index is 779. The van der Waals surface area contributed by atoms with E-state index in [0.717, 1.165) is 0 Å². The quantitative estimate of drug-likeness (QED) is 0.761. The second kappa shape index (κ2) is 6.86. The molecule has 22 heavy (non-hydrogen) atoms. The molecule has 0 bridgehead atoms. The number of hydrogen-bond donors (Lipinski definition) is 2. The van der Waals surface area contributed by atoms with Crippen LogP contribution >= 0.6 is 27.5 Å². The van der Waals surface area contributed by atoms with E-state index in [1.165, 1.54) is 30.3 Å². The number of nitrogens with one attached hydrogen (secondary N) is 1. The number of halogens is 2. The van der Waals surface area contributed by atoms with Gasteiger partial charge < -0.3 is 9.84 Å². The van der Waals surface area contributed by atoms with Gasteiger partial charge in [0.25, 0.3) is 10.0 Å². The zero-order valence-corrected chi connectivity index (χ0v) is 14.6. The molecule has 0 aliphatic carbocycles. The average molecular weight is 411 g/mol. The van der Waals surface area contributed by atoms with E-state index in [4.69, 9.17) is 21.4 Å². The largest absolute Gasteiger partial charge is 0.494 e. The molecule has 2 N–H and O–H groups in total. The van der Waals surface area contributed by atoms with Gasteiger partial charge in [-0.3, -0.25) is 9.40 Å². The van der Waals surface area contributed by atoms with Gasteiger partial charge in [0.15, 0.2) is 5.75 Å². The molecule has 2 aromatic rings. The summed E-state index contributed by atoms with van der Waals surface area (Å²) in [5.74, 6) is 0.152. The number of benzene rings is 1. The molecule has 0 saturated carbocycles. The number of ether oxygens (including phenoxy) is 1. The molecule has 0 unspecified atom stereocenters. The first-order valence-electron chi connectivity index (χ1n) is 6.06. The van der Waals surface area contributed by atoms with Gasteiger partial charge in [-0.2, -0.15) is 5.10 Å². The zero-order valence-electron chi connectivity index (χ0n) is 11.5. The van der Waals surface area contributed by atoms with Gasteiger partial charge in [-0.15, -0.1) is 0 Å². The molecule has 0 radical (unpaired) electrons. The smallest absolute Gasteiger partial charge is 0.265 e. The van der Waals surface area contributed by atoms with E-state index >= 15 is 0 Å². The molecule has 1 aromatic carbocycles. The average Bonchev–Trinajstić information content (AvgIpc) is 2.85. The predicted molar refractivity (Wildman–Crippen MR) is 85.8 cm³/mol. The predicted octanol–water partition coefficient (Wildman–Crippen LogP) is 2.10. The summed E-state index contributed by atoms with van der Waals surface area (Å²) in [6, 6.07) is 2.84. The highest BCUT2D eigenvalue weighted by Crippen LogP contribution is 2.36. The SMILES string of the molecule is COc1c(Br)cc(Cl)cc1S(=O)(=O)Nc1cnn(CCO)c1. The van der Waals surface area contributed by atoms with E-state index in [1.807, 2.05) is 0 Å². The molecule has 0 aliphatic heterocycles. The molecule has 1 heterocycles. The maximum atomic E-state index is 12.5. The molecule has 7 nitrogen and oxygen atoms in total. The highest BCUT2D eigenvalue weighted by molar-refractivity contribution is 9.10.